The summed E-state index contributed by atoms with van der Waals surface area (Å²) in [7, 11) is 0. The number of Topliss-reactive ketones (excluding diaryl/α,β-unsaturated/α-hetero) is 1. The number of halogens is 4. The van der Waals surface area contributed by atoms with Crippen molar-refractivity contribution in [2.45, 2.75) is 6.18 Å². The van der Waals surface area contributed by atoms with E-state index in [0.29, 0.717) is 6.07 Å². The van der Waals surface area contributed by atoms with Crippen LogP contribution in [0.5, 0.6) is 0 Å². The van der Waals surface area contributed by atoms with Crippen molar-refractivity contribution in [1.29, 1.82) is 0 Å². The predicted molar refractivity (Wildman–Crippen MR) is 48.5 cm³/mol. The molecule has 0 saturated carbocycles. The Morgan fingerprint density at radius 2 is 1.88 bits per heavy atom. The first-order valence-corrected chi connectivity index (χ1v) is 4.16. The summed E-state index contributed by atoms with van der Waals surface area (Å²) in [5.41, 5.74) is -1.52. The highest BCUT2D eigenvalue weighted by molar-refractivity contribution is 6.31. The summed E-state index contributed by atoms with van der Waals surface area (Å²) >= 11 is 5.36. The van der Waals surface area contributed by atoms with E-state index >= 15 is 0 Å². The third kappa shape index (κ3) is 2.69. The largest absolute Gasteiger partial charge is 0.454 e. The van der Waals surface area contributed by atoms with Gasteiger partial charge in [-0.05, 0) is 6.07 Å². The zero-order chi connectivity index (χ0) is 12.5. The van der Waals surface area contributed by atoms with E-state index in [9.17, 15) is 28.1 Å². The van der Waals surface area contributed by atoms with Gasteiger partial charge < -0.3 is 0 Å². The molecule has 0 spiro atoms. The number of hydrogen-bond acceptors (Lipinski definition) is 3. The number of alkyl halides is 3. The number of ketones is 1. The van der Waals surface area contributed by atoms with E-state index in [1.807, 2.05) is 0 Å². The van der Waals surface area contributed by atoms with Gasteiger partial charge in [0.25, 0.3) is 11.5 Å². The maximum Gasteiger partial charge on any atom is 0.454 e. The fourth-order valence-electron chi connectivity index (χ4n) is 0.974. The zero-order valence-electron chi connectivity index (χ0n) is 7.42. The molecule has 0 bridgehead atoms. The zero-order valence-corrected chi connectivity index (χ0v) is 8.17. The lowest BCUT2D eigenvalue weighted by Gasteiger charge is -2.05. The van der Waals surface area contributed by atoms with Gasteiger partial charge in [0.2, 0.25) is 0 Å². The molecule has 0 heterocycles. The maximum absolute atomic E-state index is 12.0. The first-order chi connectivity index (χ1) is 7.21. The van der Waals surface area contributed by atoms with Crippen LogP contribution in [0.3, 0.4) is 0 Å². The smallest absolute Gasteiger partial charge is 0.284 e. The number of hydrogen-bond donors (Lipinski definition) is 0. The van der Waals surface area contributed by atoms with E-state index in [4.69, 9.17) is 11.6 Å². The average molecular weight is 254 g/mol. The Balaban J connectivity index is 3.26. The minimum atomic E-state index is -5.08. The Hall–Kier alpha value is -1.63. The summed E-state index contributed by atoms with van der Waals surface area (Å²) in [5.74, 6) is -2.17. The first-order valence-electron chi connectivity index (χ1n) is 3.78. The molecule has 1 aromatic rings. The topological polar surface area (TPSA) is 60.2 Å². The van der Waals surface area contributed by atoms with E-state index in [-0.39, 0.29) is 5.02 Å². The van der Waals surface area contributed by atoms with Crippen molar-refractivity contribution in [1.82, 2.24) is 0 Å². The van der Waals surface area contributed by atoms with Crippen LogP contribution in [0.1, 0.15) is 10.4 Å². The minimum Gasteiger partial charge on any atom is -0.284 e. The Bertz CT molecular complexity index is 458. The number of non-ortho nitro benzene ring substituents is 1. The van der Waals surface area contributed by atoms with Gasteiger partial charge in [0.05, 0.1) is 4.92 Å². The van der Waals surface area contributed by atoms with Crippen LogP contribution in [0.4, 0.5) is 18.9 Å². The van der Waals surface area contributed by atoms with Crippen LogP contribution in [-0.4, -0.2) is 16.9 Å². The summed E-state index contributed by atoms with van der Waals surface area (Å²) in [6.45, 7) is 0. The SMILES string of the molecule is O=C(c1cc(Cl)cc([N+](=O)[O-])c1)C(F)(F)F. The number of carbonyl (C=O) groups excluding carboxylic acids is 1. The molecule has 0 aliphatic heterocycles. The lowest BCUT2D eigenvalue weighted by Crippen LogP contribution is -2.22. The molecule has 86 valence electrons. The molecule has 0 radical (unpaired) electrons. The first kappa shape index (κ1) is 12.4. The van der Waals surface area contributed by atoms with Gasteiger partial charge in [-0.1, -0.05) is 11.6 Å². The second-order valence-corrected chi connectivity index (χ2v) is 3.22. The van der Waals surface area contributed by atoms with Crippen molar-refractivity contribution >= 4 is 23.1 Å². The molecule has 0 amide bonds. The van der Waals surface area contributed by atoms with Crippen LogP contribution in [0.15, 0.2) is 18.2 Å². The molecule has 0 unspecified atom stereocenters. The number of nitro benzene ring substituents is 1. The van der Waals surface area contributed by atoms with Gasteiger partial charge in [-0.3, -0.25) is 14.9 Å². The molecule has 0 fully saturated rings. The molecular formula is C8H3ClF3NO3. The molecule has 0 aromatic heterocycles. The van der Waals surface area contributed by atoms with E-state index in [2.05, 4.69) is 0 Å². The lowest BCUT2D eigenvalue weighted by atomic mass is 10.1. The van der Waals surface area contributed by atoms with Crippen molar-refractivity contribution in [3.05, 3.63) is 38.9 Å². The molecule has 1 rings (SSSR count). The predicted octanol–water partition coefficient (Wildman–Crippen LogP) is 2.99. The van der Waals surface area contributed by atoms with Gasteiger partial charge in [-0.15, -0.1) is 0 Å². The van der Waals surface area contributed by atoms with Crippen molar-refractivity contribution in [3.8, 4) is 0 Å². The molecule has 8 heteroatoms. The summed E-state index contributed by atoms with van der Waals surface area (Å²) in [5, 5.41) is 10.0. The summed E-state index contributed by atoms with van der Waals surface area (Å²) in [6.07, 6.45) is -5.08. The quantitative estimate of drug-likeness (QED) is 0.462. The van der Waals surface area contributed by atoms with E-state index < -0.39 is 28.1 Å². The van der Waals surface area contributed by atoms with Crippen LogP contribution in [0.2, 0.25) is 5.02 Å². The fraction of sp³-hybridized carbons (Fsp3) is 0.125. The van der Waals surface area contributed by atoms with Gasteiger partial charge >= 0.3 is 6.18 Å². The average Bonchev–Trinajstić information content (AvgIpc) is 2.14. The molecular weight excluding hydrogens is 251 g/mol. The Labute approximate surface area is 91.8 Å². The van der Waals surface area contributed by atoms with Crippen molar-refractivity contribution < 1.29 is 22.9 Å². The number of nitrogens with zero attached hydrogens (tertiary/aromatic N) is 1. The Morgan fingerprint density at radius 1 is 1.31 bits per heavy atom. The number of nitro groups is 1. The van der Waals surface area contributed by atoms with Crippen LogP contribution in [0, 0.1) is 10.1 Å². The van der Waals surface area contributed by atoms with Crippen LogP contribution in [0.25, 0.3) is 0 Å². The highest BCUT2D eigenvalue weighted by Gasteiger charge is 2.39. The van der Waals surface area contributed by atoms with E-state index in [1.165, 1.54) is 0 Å². The fourth-order valence-corrected chi connectivity index (χ4v) is 1.20. The summed E-state index contributed by atoms with van der Waals surface area (Å²) in [4.78, 5) is 20.2. The molecule has 0 aliphatic rings. The van der Waals surface area contributed by atoms with Gasteiger partial charge in [-0.25, -0.2) is 0 Å². The third-order valence-electron chi connectivity index (χ3n) is 1.61. The number of rotatable bonds is 2. The Kier molecular flexibility index (Phi) is 3.18. The molecule has 0 saturated heterocycles. The number of carbonyl (C=O) groups is 1. The highest BCUT2D eigenvalue weighted by Crippen LogP contribution is 2.26. The van der Waals surface area contributed by atoms with Gasteiger partial charge in [0, 0.05) is 22.7 Å². The van der Waals surface area contributed by atoms with Crippen LogP contribution < -0.4 is 0 Å². The second kappa shape index (κ2) is 4.09. The normalized spacial score (nSPS) is 11.2. The highest BCUT2D eigenvalue weighted by atomic mass is 35.5. The number of benzene rings is 1. The molecule has 0 atom stereocenters. The monoisotopic (exact) mass is 253 g/mol. The lowest BCUT2D eigenvalue weighted by molar-refractivity contribution is -0.384. The minimum absolute atomic E-state index is 0.304. The summed E-state index contributed by atoms with van der Waals surface area (Å²) < 4.78 is 36.1. The molecule has 4 nitrogen and oxygen atoms in total. The van der Waals surface area contributed by atoms with Gasteiger partial charge in [-0.2, -0.15) is 13.2 Å². The van der Waals surface area contributed by atoms with E-state index in [0.717, 1.165) is 12.1 Å². The molecule has 0 N–H and O–H groups in total. The van der Waals surface area contributed by atoms with Crippen molar-refractivity contribution in [3.63, 3.8) is 0 Å². The third-order valence-corrected chi connectivity index (χ3v) is 1.83. The molecule has 1 aromatic carbocycles. The second-order valence-electron chi connectivity index (χ2n) is 2.78. The standard InChI is InChI=1S/C8H3ClF3NO3/c9-5-1-4(7(14)8(10,11)12)2-6(3-5)13(15)16/h1-3H. The summed E-state index contributed by atoms with van der Waals surface area (Å²) in [6, 6.07) is 2.11. The maximum atomic E-state index is 12.0. The molecule has 0 aliphatic carbocycles. The van der Waals surface area contributed by atoms with E-state index in [1.54, 1.807) is 0 Å². The van der Waals surface area contributed by atoms with Crippen LogP contribution >= 0.6 is 11.6 Å². The van der Waals surface area contributed by atoms with Crippen molar-refractivity contribution in [2.75, 3.05) is 0 Å². The molecule has 16 heavy (non-hydrogen) atoms. The Morgan fingerprint density at radius 3 is 2.31 bits per heavy atom. The van der Waals surface area contributed by atoms with Crippen molar-refractivity contribution in [2.24, 2.45) is 0 Å². The van der Waals surface area contributed by atoms with Crippen LogP contribution in [-0.2, 0) is 0 Å². The van der Waals surface area contributed by atoms with Gasteiger partial charge in [0.1, 0.15) is 0 Å². The van der Waals surface area contributed by atoms with Gasteiger partial charge in [0.15, 0.2) is 0 Å².